The predicted molar refractivity (Wildman–Crippen MR) is 54.2 cm³/mol. The summed E-state index contributed by atoms with van der Waals surface area (Å²) >= 11 is 3.63. The van der Waals surface area contributed by atoms with Gasteiger partial charge in [-0.05, 0) is 24.2 Å². The van der Waals surface area contributed by atoms with Crippen molar-refractivity contribution in [2.75, 3.05) is 5.33 Å². The van der Waals surface area contributed by atoms with Crippen molar-refractivity contribution in [2.24, 2.45) is 11.3 Å². The fourth-order valence-corrected chi connectivity index (χ4v) is 2.94. The number of hydrogen-bond donors (Lipinski definition) is 0. The Morgan fingerprint density at radius 2 is 2.09 bits per heavy atom. The lowest BCUT2D eigenvalue weighted by Gasteiger charge is -2.11. The summed E-state index contributed by atoms with van der Waals surface area (Å²) < 4.78 is 0. The molecule has 2 atom stereocenters. The van der Waals surface area contributed by atoms with Gasteiger partial charge in [0, 0.05) is 5.33 Å². The first-order valence-electron chi connectivity index (χ1n) is 4.81. The lowest BCUT2D eigenvalue weighted by molar-refractivity contribution is 0.456. The Bertz CT molecular complexity index is 118. The topological polar surface area (TPSA) is 0 Å². The number of unbranched alkanes of at least 4 members (excludes halogenated alkanes) is 2. The molecule has 0 aromatic heterocycles. The Morgan fingerprint density at radius 1 is 1.45 bits per heavy atom. The summed E-state index contributed by atoms with van der Waals surface area (Å²) in [5, 5.41) is 1.23. The molecular formula is C10H19Br. The molecule has 0 aliphatic heterocycles. The van der Waals surface area contributed by atoms with Gasteiger partial charge in [-0.3, -0.25) is 0 Å². The van der Waals surface area contributed by atoms with Crippen molar-refractivity contribution in [1.29, 1.82) is 0 Å². The van der Waals surface area contributed by atoms with E-state index in [9.17, 15) is 0 Å². The van der Waals surface area contributed by atoms with E-state index in [0.29, 0.717) is 0 Å². The van der Waals surface area contributed by atoms with Crippen molar-refractivity contribution < 1.29 is 0 Å². The largest absolute Gasteiger partial charge is 0.0922 e. The van der Waals surface area contributed by atoms with Crippen LogP contribution in [-0.2, 0) is 0 Å². The van der Waals surface area contributed by atoms with Crippen LogP contribution in [0.25, 0.3) is 0 Å². The van der Waals surface area contributed by atoms with E-state index in [2.05, 4.69) is 29.8 Å². The molecule has 0 aromatic carbocycles. The second-order valence-corrected chi connectivity index (χ2v) is 4.62. The third-order valence-electron chi connectivity index (χ3n) is 3.14. The standard InChI is InChI=1S/C10H19Br/c1-3-4-5-6-10(8-11)7-9(10)2/h9H,3-8H2,1-2H3. The zero-order valence-corrected chi connectivity index (χ0v) is 9.28. The Balaban J connectivity index is 2.14. The highest BCUT2D eigenvalue weighted by Gasteiger charge is 2.48. The fraction of sp³-hybridized carbons (Fsp3) is 1.00. The molecule has 2 unspecified atom stereocenters. The normalized spacial score (nSPS) is 35.7. The Hall–Kier alpha value is 0.480. The van der Waals surface area contributed by atoms with Gasteiger partial charge >= 0.3 is 0 Å². The van der Waals surface area contributed by atoms with Crippen LogP contribution in [0.1, 0.15) is 46.0 Å². The summed E-state index contributed by atoms with van der Waals surface area (Å²) in [6.07, 6.45) is 7.12. The molecule has 0 heterocycles. The molecular weight excluding hydrogens is 200 g/mol. The molecule has 1 fully saturated rings. The lowest BCUT2D eigenvalue weighted by atomic mass is 9.98. The molecule has 1 aliphatic carbocycles. The first-order chi connectivity index (χ1) is 5.25. The molecule has 0 radical (unpaired) electrons. The van der Waals surface area contributed by atoms with E-state index >= 15 is 0 Å². The highest BCUT2D eigenvalue weighted by molar-refractivity contribution is 9.09. The van der Waals surface area contributed by atoms with Crippen molar-refractivity contribution in [2.45, 2.75) is 46.0 Å². The third kappa shape index (κ3) is 2.21. The van der Waals surface area contributed by atoms with Gasteiger partial charge in [0.15, 0.2) is 0 Å². The van der Waals surface area contributed by atoms with Crippen molar-refractivity contribution >= 4 is 15.9 Å². The first kappa shape index (κ1) is 9.57. The van der Waals surface area contributed by atoms with Gasteiger partial charge in [-0.15, -0.1) is 0 Å². The summed E-state index contributed by atoms with van der Waals surface area (Å²) in [5.74, 6) is 0.985. The van der Waals surface area contributed by atoms with Gasteiger partial charge in [0.1, 0.15) is 0 Å². The molecule has 0 N–H and O–H groups in total. The van der Waals surface area contributed by atoms with Crippen molar-refractivity contribution in [1.82, 2.24) is 0 Å². The third-order valence-corrected chi connectivity index (χ3v) is 4.26. The first-order valence-corrected chi connectivity index (χ1v) is 5.93. The van der Waals surface area contributed by atoms with E-state index < -0.39 is 0 Å². The molecule has 1 rings (SSSR count). The van der Waals surface area contributed by atoms with Crippen molar-refractivity contribution in [3.8, 4) is 0 Å². The molecule has 0 amide bonds. The van der Waals surface area contributed by atoms with Crippen LogP contribution >= 0.6 is 15.9 Å². The average molecular weight is 219 g/mol. The van der Waals surface area contributed by atoms with Gasteiger partial charge in [-0.1, -0.05) is 49.0 Å². The van der Waals surface area contributed by atoms with Crippen LogP contribution in [0.4, 0.5) is 0 Å². The molecule has 0 nitrogen and oxygen atoms in total. The van der Waals surface area contributed by atoms with E-state index in [0.717, 1.165) is 11.3 Å². The summed E-state index contributed by atoms with van der Waals surface area (Å²) in [7, 11) is 0. The molecule has 0 spiro atoms. The summed E-state index contributed by atoms with van der Waals surface area (Å²) in [6, 6.07) is 0. The number of hydrogen-bond acceptors (Lipinski definition) is 0. The number of halogens is 1. The minimum atomic E-state index is 0.717. The van der Waals surface area contributed by atoms with E-state index in [1.165, 1.54) is 37.4 Å². The Kier molecular flexibility index (Phi) is 3.42. The van der Waals surface area contributed by atoms with Crippen LogP contribution < -0.4 is 0 Å². The molecule has 11 heavy (non-hydrogen) atoms. The average Bonchev–Trinajstić information content (AvgIpc) is 2.64. The quantitative estimate of drug-likeness (QED) is 0.484. The van der Waals surface area contributed by atoms with E-state index in [1.807, 2.05) is 0 Å². The van der Waals surface area contributed by atoms with Crippen LogP contribution in [0.15, 0.2) is 0 Å². The van der Waals surface area contributed by atoms with Crippen LogP contribution in [0.3, 0.4) is 0 Å². The summed E-state index contributed by atoms with van der Waals surface area (Å²) in [6.45, 7) is 4.66. The monoisotopic (exact) mass is 218 g/mol. The minimum Gasteiger partial charge on any atom is -0.0922 e. The number of rotatable bonds is 5. The molecule has 0 bridgehead atoms. The van der Waals surface area contributed by atoms with Gasteiger partial charge in [0.2, 0.25) is 0 Å². The maximum absolute atomic E-state index is 3.63. The fourth-order valence-electron chi connectivity index (χ4n) is 1.88. The Labute approximate surface area is 78.9 Å². The van der Waals surface area contributed by atoms with E-state index in [4.69, 9.17) is 0 Å². The second kappa shape index (κ2) is 3.93. The van der Waals surface area contributed by atoms with Gasteiger partial charge in [0.25, 0.3) is 0 Å². The maximum Gasteiger partial charge on any atom is 0.00906 e. The van der Waals surface area contributed by atoms with Crippen LogP contribution in [0.5, 0.6) is 0 Å². The van der Waals surface area contributed by atoms with Crippen LogP contribution in [0, 0.1) is 11.3 Å². The van der Waals surface area contributed by atoms with Gasteiger partial charge in [0.05, 0.1) is 0 Å². The number of alkyl halides is 1. The summed E-state index contributed by atoms with van der Waals surface area (Å²) in [5.41, 5.74) is 0.717. The zero-order valence-electron chi connectivity index (χ0n) is 7.70. The van der Waals surface area contributed by atoms with Crippen molar-refractivity contribution in [3.63, 3.8) is 0 Å². The maximum atomic E-state index is 3.63. The second-order valence-electron chi connectivity index (χ2n) is 4.06. The van der Waals surface area contributed by atoms with Crippen molar-refractivity contribution in [3.05, 3.63) is 0 Å². The minimum absolute atomic E-state index is 0.717. The molecule has 0 saturated heterocycles. The SMILES string of the molecule is CCCCCC1(CBr)CC1C. The highest BCUT2D eigenvalue weighted by atomic mass is 79.9. The van der Waals surface area contributed by atoms with E-state index in [-0.39, 0.29) is 0 Å². The molecule has 1 heteroatoms. The molecule has 0 aromatic rings. The van der Waals surface area contributed by atoms with Crippen LogP contribution in [0.2, 0.25) is 0 Å². The lowest BCUT2D eigenvalue weighted by Crippen LogP contribution is -2.04. The molecule has 66 valence electrons. The smallest absolute Gasteiger partial charge is 0.00906 e. The highest BCUT2D eigenvalue weighted by Crippen LogP contribution is 2.56. The van der Waals surface area contributed by atoms with Gasteiger partial charge < -0.3 is 0 Å². The summed E-state index contributed by atoms with van der Waals surface area (Å²) in [4.78, 5) is 0. The van der Waals surface area contributed by atoms with Gasteiger partial charge in [-0.25, -0.2) is 0 Å². The van der Waals surface area contributed by atoms with Crippen LogP contribution in [-0.4, -0.2) is 5.33 Å². The van der Waals surface area contributed by atoms with E-state index in [1.54, 1.807) is 0 Å². The Morgan fingerprint density at radius 3 is 2.45 bits per heavy atom. The van der Waals surface area contributed by atoms with Gasteiger partial charge in [-0.2, -0.15) is 0 Å². The zero-order chi connectivity index (χ0) is 8.32. The molecule has 1 aliphatic rings. The molecule has 1 saturated carbocycles. The predicted octanol–water partition coefficient (Wildman–Crippen LogP) is 3.99.